The highest BCUT2D eigenvalue weighted by Crippen LogP contribution is 2.24. The molecule has 1 aromatic carbocycles. The van der Waals surface area contributed by atoms with E-state index in [9.17, 15) is 18.0 Å². The van der Waals surface area contributed by atoms with Crippen LogP contribution >= 0.6 is 0 Å². The van der Waals surface area contributed by atoms with Crippen molar-refractivity contribution in [2.45, 2.75) is 23.8 Å². The summed E-state index contributed by atoms with van der Waals surface area (Å²) in [6, 6.07) is 3.13. The van der Waals surface area contributed by atoms with Crippen molar-refractivity contribution in [2.75, 3.05) is 12.8 Å². The predicted molar refractivity (Wildman–Crippen MR) is 73.9 cm³/mol. The standard InChI is InChI=1S/C12H15N3O5S/c1-20-7-2-4-10(8(13)6-7)21(18,19)15-9-3-5-11(16)14-12(9)17/h2,4,6,9,15H,3,5,13H2,1H3,(H,14,16,17). The Hall–Kier alpha value is -2.13. The normalized spacial score (nSPS) is 19.2. The first kappa shape index (κ1) is 15.3. The average molecular weight is 313 g/mol. The Morgan fingerprint density at radius 1 is 1.38 bits per heavy atom. The minimum atomic E-state index is -3.97. The molecule has 8 nitrogen and oxygen atoms in total. The van der Waals surface area contributed by atoms with Crippen LogP contribution in [0.15, 0.2) is 23.1 Å². The number of rotatable bonds is 4. The molecule has 0 aromatic heterocycles. The van der Waals surface area contributed by atoms with Crippen LogP contribution in [0.3, 0.4) is 0 Å². The quantitative estimate of drug-likeness (QED) is 0.501. The van der Waals surface area contributed by atoms with Crippen LogP contribution in [0.5, 0.6) is 5.75 Å². The van der Waals surface area contributed by atoms with E-state index in [1.165, 1.54) is 25.3 Å². The van der Waals surface area contributed by atoms with Crippen molar-refractivity contribution < 1.29 is 22.7 Å². The third-order valence-electron chi connectivity index (χ3n) is 3.04. The first-order chi connectivity index (χ1) is 9.83. The van der Waals surface area contributed by atoms with Gasteiger partial charge in [0.2, 0.25) is 21.8 Å². The van der Waals surface area contributed by atoms with E-state index in [1.807, 2.05) is 0 Å². The summed E-state index contributed by atoms with van der Waals surface area (Å²) in [5.41, 5.74) is 5.70. The SMILES string of the molecule is COc1ccc(S(=O)(=O)NC2CCC(=O)NC2=O)c(N)c1. The van der Waals surface area contributed by atoms with Gasteiger partial charge in [0, 0.05) is 12.5 Å². The van der Waals surface area contributed by atoms with Crippen LogP contribution in [0.1, 0.15) is 12.8 Å². The number of piperidine rings is 1. The third kappa shape index (κ3) is 3.31. The van der Waals surface area contributed by atoms with E-state index in [4.69, 9.17) is 10.5 Å². The number of carbonyl (C=O) groups is 2. The van der Waals surface area contributed by atoms with Crippen LogP contribution in [0, 0.1) is 0 Å². The van der Waals surface area contributed by atoms with Gasteiger partial charge in [-0.05, 0) is 18.6 Å². The molecule has 0 radical (unpaired) electrons. The van der Waals surface area contributed by atoms with Crippen molar-refractivity contribution in [1.29, 1.82) is 0 Å². The van der Waals surface area contributed by atoms with Gasteiger partial charge < -0.3 is 10.5 Å². The number of hydrogen-bond acceptors (Lipinski definition) is 6. The monoisotopic (exact) mass is 313 g/mol. The third-order valence-corrected chi connectivity index (χ3v) is 4.59. The molecule has 0 saturated carbocycles. The molecule has 1 unspecified atom stereocenters. The molecule has 0 bridgehead atoms. The van der Waals surface area contributed by atoms with Gasteiger partial charge in [-0.2, -0.15) is 4.72 Å². The predicted octanol–water partition coefficient (Wildman–Crippen LogP) is -0.639. The van der Waals surface area contributed by atoms with Gasteiger partial charge in [-0.1, -0.05) is 0 Å². The fourth-order valence-corrected chi connectivity index (χ4v) is 3.30. The number of ether oxygens (including phenoxy) is 1. The maximum atomic E-state index is 12.3. The van der Waals surface area contributed by atoms with E-state index < -0.39 is 27.9 Å². The number of imide groups is 1. The molecule has 21 heavy (non-hydrogen) atoms. The van der Waals surface area contributed by atoms with Crippen LogP contribution in [0.4, 0.5) is 5.69 Å². The number of methoxy groups -OCH3 is 1. The van der Waals surface area contributed by atoms with Crippen LogP contribution in [0.25, 0.3) is 0 Å². The van der Waals surface area contributed by atoms with Gasteiger partial charge in [-0.3, -0.25) is 14.9 Å². The zero-order valence-corrected chi connectivity index (χ0v) is 12.1. The number of hydrogen-bond donors (Lipinski definition) is 3. The lowest BCUT2D eigenvalue weighted by atomic mass is 10.1. The van der Waals surface area contributed by atoms with Crippen LogP contribution < -0.4 is 20.5 Å². The number of nitrogens with one attached hydrogen (secondary N) is 2. The highest BCUT2D eigenvalue weighted by molar-refractivity contribution is 7.89. The Morgan fingerprint density at radius 3 is 2.67 bits per heavy atom. The Bertz CT molecular complexity index is 686. The van der Waals surface area contributed by atoms with Crippen LogP contribution in [-0.2, 0) is 19.6 Å². The molecule has 1 aromatic rings. The molecule has 114 valence electrons. The smallest absolute Gasteiger partial charge is 0.244 e. The second kappa shape index (κ2) is 5.70. The van der Waals surface area contributed by atoms with Gasteiger partial charge in [-0.15, -0.1) is 0 Å². The lowest BCUT2D eigenvalue weighted by Crippen LogP contribution is -2.52. The minimum absolute atomic E-state index is 0.00847. The van der Waals surface area contributed by atoms with E-state index in [-0.39, 0.29) is 23.4 Å². The van der Waals surface area contributed by atoms with Gasteiger partial charge in [0.25, 0.3) is 0 Å². The minimum Gasteiger partial charge on any atom is -0.497 e. The zero-order valence-electron chi connectivity index (χ0n) is 11.3. The van der Waals surface area contributed by atoms with Crippen molar-refractivity contribution >= 4 is 27.5 Å². The van der Waals surface area contributed by atoms with Crippen molar-refractivity contribution in [3.05, 3.63) is 18.2 Å². The van der Waals surface area contributed by atoms with E-state index in [2.05, 4.69) is 10.0 Å². The highest BCUT2D eigenvalue weighted by atomic mass is 32.2. The molecule has 2 rings (SSSR count). The lowest BCUT2D eigenvalue weighted by Gasteiger charge is -2.22. The molecule has 9 heteroatoms. The summed E-state index contributed by atoms with van der Waals surface area (Å²) in [7, 11) is -2.53. The zero-order chi connectivity index (χ0) is 15.6. The van der Waals surface area contributed by atoms with Gasteiger partial charge in [-0.25, -0.2) is 8.42 Å². The number of carbonyl (C=O) groups excluding carboxylic acids is 2. The molecule has 4 N–H and O–H groups in total. The van der Waals surface area contributed by atoms with E-state index in [0.29, 0.717) is 5.75 Å². The first-order valence-electron chi connectivity index (χ1n) is 6.13. The molecule has 1 heterocycles. The number of nitrogens with two attached hydrogens (primary N) is 1. The molecular formula is C12H15N3O5S. The summed E-state index contributed by atoms with van der Waals surface area (Å²) in [4.78, 5) is 22.5. The van der Waals surface area contributed by atoms with Crippen LogP contribution in [0.2, 0.25) is 0 Å². The largest absolute Gasteiger partial charge is 0.497 e. The van der Waals surface area contributed by atoms with Gasteiger partial charge >= 0.3 is 0 Å². The second-order valence-electron chi connectivity index (χ2n) is 4.53. The number of sulfonamides is 1. The molecular weight excluding hydrogens is 298 g/mol. The fourth-order valence-electron chi connectivity index (χ4n) is 1.96. The van der Waals surface area contributed by atoms with Crippen molar-refractivity contribution in [1.82, 2.24) is 10.0 Å². The van der Waals surface area contributed by atoms with E-state index in [1.54, 1.807) is 0 Å². The van der Waals surface area contributed by atoms with E-state index >= 15 is 0 Å². The van der Waals surface area contributed by atoms with Crippen molar-refractivity contribution in [3.63, 3.8) is 0 Å². The van der Waals surface area contributed by atoms with Crippen molar-refractivity contribution in [2.24, 2.45) is 0 Å². The highest BCUT2D eigenvalue weighted by Gasteiger charge is 2.31. The molecule has 1 aliphatic heterocycles. The number of anilines is 1. The van der Waals surface area contributed by atoms with Gasteiger partial charge in [0.05, 0.1) is 12.8 Å². The number of benzene rings is 1. The van der Waals surface area contributed by atoms with Gasteiger partial charge in [0.15, 0.2) is 0 Å². The first-order valence-corrected chi connectivity index (χ1v) is 7.61. The number of nitrogen functional groups attached to an aromatic ring is 1. The summed E-state index contributed by atoms with van der Waals surface area (Å²) in [5.74, 6) is -0.659. The fraction of sp³-hybridized carbons (Fsp3) is 0.333. The lowest BCUT2D eigenvalue weighted by molar-refractivity contribution is -0.134. The Morgan fingerprint density at radius 2 is 2.10 bits per heavy atom. The second-order valence-corrected chi connectivity index (χ2v) is 6.21. The summed E-state index contributed by atoms with van der Waals surface area (Å²) in [6.07, 6.45) is 0.191. The Labute approximate surface area is 121 Å². The summed E-state index contributed by atoms with van der Waals surface area (Å²) in [5, 5.41) is 2.08. The van der Waals surface area contributed by atoms with E-state index in [0.717, 1.165) is 0 Å². The Balaban J connectivity index is 2.22. The molecule has 0 aliphatic carbocycles. The topological polar surface area (TPSA) is 128 Å². The molecule has 1 saturated heterocycles. The van der Waals surface area contributed by atoms with Crippen molar-refractivity contribution in [3.8, 4) is 5.75 Å². The maximum Gasteiger partial charge on any atom is 0.244 e. The summed E-state index contributed by atoms with van der Waals surface area (Å²) >= 11 is 0. The molecule has 1 aliphatic rings. The van der Waals surface area contributed by atoms with Gasteiger partial charge in [0.1, 0.15) is 16.7 Å². The average Bonchev–Trinajstić information content (AvgIpc) is 2.41. The number of amides is 2. The molecule has 1 atom stereocenters. The molecule has 2 amide bonds. The summed E-state index contributed by atoms with van der Waals surface area (Å²) < 4.78 is 31.7. The Kier molecular flexibility index (Phi) is 4.14. The maximum absolute atomic E-state index is 12.3. The summed E-state index contributed by atoms with van der Waals surface area (Å²) in [6.45, 7) is 0. The molecule has 1 fully saturated rings. The molecule has 0 spiro atoms. The van der Waals surface area contributed by atoms with Crippen LogP contribution in [-0.4, -0.2) is 33.4 Å².